The average molecular weight is 300 g/mol. The van der Waals surface area contributed by atoms with Crippen LogP contribution in [0.2, 0.25) is 0 Å². The van der Waals surface area contributed by atoms with Crippen molar-refractivity contribution in [1.82, 2.24) is 15.0 Å². The van der Waals surface area contributed by atoms with Crippen molar-refractivity contribution in [3.8, 4) is 0 Å². The van der Waals surface area contributed by atoms with Crippen molar-refractivity contribution < 1.29 is 4.79 Å². The van der Waals surface area contributed by atoms with E-state index in [2.05, 4.69) is 28.0 Å². The summed E-state index contributed by atoms with van der Waals surface area (Å²) in [4.78, 5) is 17.1. The predicted octanol–water partition coefficient (Wildman–Crippen LogP) is 2.31. The number of rotatable bonds is 4. The third kappa shape index (κ3) is 2.43. The highest BCUT2D eigenvalue weighted by atomic mass is 32.1. The Kier molecular flexibility index (Phi) is 3.72. The summed E-state index contributed by atoms with van der Waals surface area (Å²) in [7, 11) is 0. The van der Waals surface area contributed by atoms with Gasteiger partial charge in [-0.15, -0.1) is 11.3 Å². The van der Waals surface area contributed by atoms with Crippen LogP contribution in [0.25, 0.3) is 11.0 Å². The molecule has 3 N–H and O–H groups in total. The molecule has 3 aromatic rings. The lowest BCUT2D eigenvalue weighted by molar-refractivity contribution is 0.0957. The Hall–Kier alpha value is -2.18. The lowest BCUT2D eigenvalue weighted by atomic mass is 10.2. The maximum atomic E-state index is 11.8. The number of carbonyl (C=O) groups excluding carboxylic acids is 1. The van der Waals surface area contributed by atoms with Crippen molar-refractivity contribution in [3.05, 3.63) is 52.0 Å². The maximum Gasteiger partial charge on any atom is 0.275 e. The normalized spacial score (nSPS) is 11.0. The van der Waals surface area contributed by atoms with E-state index in [0.717, 1.165) is 28.8 Å². The Labute approximate surface area is 126 Å². The molecule has 108 valence electrons. The molecule has 1 aromatic carbocycles. The van der Waals surface area contributed by atoms with Gasteiger partial charge in [0.1, 0.15) is 5.82 Å². The van der Waals surface area contributed by atoms with Crippen molar-refractivity contribution in [3.63, 3.8) is 0 Å². The summed E-state index contributed by atoms with van der Waals surface area (Å²) < 4.78 is 2.16. The molecule has 0 aliphatic carbocycles. The number of nitrogen functional groups attached to an aromatic ring is 1. The molecular weight excluding hydrogens is 284 g/mol. The zero-order chi connectivity index (χ0) is 14.8. The van der Waals surface area contributed by atoms with Crippen LogP contribution >= 0.6 is 11.3 Å². The first-order valence-electron chi connectivity index (χ1n) is 6.76. The van der Waals surface area contributed by atoms with Gasteiger partial charge in [0, 0.05) is 6.42 Å². The molecule has 2 aromatic heterocycles. The lowest BCUT2D eigenvalue weighted by Crippen LogP contribution is -2.30. The fraction of sp³-hybridized carbons (Fsp3) is 0.200. The van der Waals surface area contributed by atoms with Crippen LogP contribution in [0.4, 0.5) is 0 Å². The second-order valence-electron chi connectivity index (χ2n) is 4.70. The summed E-state index contributed by atoms with van der Waals surface area (Å²) in [5.41, 5.74) is 5.22. The number of aryl methyl sites for hydroxylation is 1. The molecule has 0 unspecified atom stereocenters. The third-order valence-corrected chi connectivity index (χ3v) is 4.42. The van der Waals surface area contributed by atoms with E-state index in [1.54, 1.807) is 0 Å². The van der Waals surface area contributed by atoms with Gasteiger partial charge in [0.2, 0.25) is 0 Å². The number of para-hydroxylation sites is 2. The number of hydrogen-bond acceptors (Lipinski definition) is 4. The molecule has 0 atom stereocenters. The highest BCUT2D eigenvalue weighted by Crippen LogP contribution is 2.22. The van der Waals surface area contributed by atoms with Crippen molar-refractivity contribution in [2.24, 2.45) is 5.84 Å². The molecule has 0 bridgehead atoms. The second kappa shape index (κ2) is 5.67. The highest BCUT2D eigenvalue weighted by Gasteiger charge is 2.15. The van der Waals surface area contributed by atoms with Crippen LogP contribution in [0.5, 0.6) is 0 Å². The standard InChI is InChI=1S/C15H16N4OS/c1-2-13-17-11-5-3-4-6-12(11)19(13)9-10-7-8-21-14(10)15(20)18-16/h3-8H,2,9,16H2,1H3,(H,18,20). The lowest BCUT2D eigenvalue weighted by Gasteiger charge is -2.08. The van der Waals surface area contributed by atoms with Gasteiger partial charge in [-0.3, -0.25) is 10.2 Å². The Morgan fingerprint density at radius 3 is 2.95 bits per heavy atom. The van der Waals surface area contributed by atoms with Crippen LogP contribution in [0.1, 0.15) is 28.0 Å². The Morgan fingerprint density at radius 2 is 2.19 bits per heavy atom. The van der Waals surface area contributed by atoms with Crippen molar-refractivity contribution >= 4 is 28.3 Å². The van der Waals surface area contributed by atoms with Crippen molar-refractivity contribution in [2.45, 2.75) is 19.9 Å². The Bertz CT molecular complexity index is 790. The topological polar surface area (TPSA) is 72.9 Å². The Morgan fingerprint density at radius 1 is 1.38 bits per heavy atom. The zero-order valence-electron chi connectivity index (χ0n) is 11.7. The molecular formula is C15H16N4OS. The first-order chi connectivity index (χ1) is 10.2. The summed E-state index contributed by atoms with van der Waals surface area (Å²) in [6.45, 7) is 2.70. The van der Waals surface area contributed by atoms with Crippen molar-refractivity contribution in [1.29, 1.82) is 0 Å². The number of hydrazine groups is 1. The molecule has 0 saturated carbocycles. The second-order valence-corrected chi connectivity index (χ2v) is 5.62. The SMILES string of the molecule is CCc1nc2ccccc2n1Cc1ccsc1C(=O)NN. The van der Waals surface area contributed by atoms with E-state index in [4.69, 9.17) is 5.84 Å². The third-order valence-electron chi connectivity index (χ3n) is 3.46. The van der Waals surface area contributed by atoms with Crippen LogP contribution in [0.3, 0.4) is 0 Å². The number of aromatic nitrogens is 2. The molecule has 1 amide bonds. The highest BCUT2D eigenvalue weighted by molar-refractivity contribution is 7.12. The predicted molar refractivity (Wildman–Crippen MR) is 84.2 cm³/mol. The number of nitrogens with two attached hydrogens (primary N) is 1. The number of thiophene rings is 1. The number of hydrogen-bond donors (Lipinski definition) is 2. The molecule has 0 spiro atoms. The minimum Gasteiger partial charge on any atom is -0.323 e. The van der Waals surface area contributed by atoms with E-state index in [1.165, 1.54) is 11.3 Å². The Balaban J connectivity index is 2.06. The van der Waals surface area contributed by atoms with E-state index >= 15 is 0 Å². The number of nitrogens with zero attached hydrogens (tertiary/aromatic N) is 2. The first kappa shape index (κ1) is 13.8. The molecule has 0 saturated heterocycles. The number of benzene rings is 1. The molecule has 0 fully saturated rings. The molecule has 0 radical (unpaired) electrons. The summed E-state index contributed by atoms with van der Waals surface area (Å²) in [6, 6.07) is 10.0. The number of carbonyl (C=O) groups is 1. The van der Waals surface area contributed by atoms with Crippen LogP contribution in [-0.4, -0.2) is 15.5 Å². The average Bonchev–Trinajstić information content (AvgIpc) is 3.12. The molecule has 2 heterocycles. The van der Waals surface area contributed by atoms with Crippen LogP contribution in [0, 0.1) is 0 Å². The summed E-state index contributed by atoms with van der Waals surface area (Å²) in [5, 5.41) is 1.91. The molecule has 3 rings (SSSR count). The van der Waals surface area contributed by atoms with Gasteiger partial charge in [0.15, 0.2) is 0 Å². The quantitative estimate of drug-likeness (QED) is 0.441. The fourth-order valence-electron chi connectivity index (χ4n) is 2.47. The van der Waals surface area contributed by atoms with Gasteiger partial charge < -0.3 is 4.57 Å². The van der Waals surface area contributed by atoms with Gasteiger partial charge in [-0.2, -0.15) is 0 Å². The van der Waals surface area contributed by atoms with Gasteiger partial charge in [-0.25, -0.2) is 10.8 Å². The van der Waals surface area contributed by atoms with E-state index in [0.29, 0.717) is 11.4 Å². The van der Waals surface area contributed by atoms with Gasteiger partial charge >= 0.3 is 0 Å². The largest absolute Gasteiger partial charge is 0.323 e. The van der Waals surface area contributed by atoms with Gasteiger partial charge in [-0.1, -0.05) is 19.1 Å². The number of amides is 1. The summed E-state index contributed by atoms with van der Waals surface area (Å²) in [6.07, 6.45) is 0.844. The van der Waals surface area contributed by atoms with E-state index in [9.17, 15) is 4.79 Å². The van der Waals surface area contributed by atoms with E-state index < -0.39 is 0 Å². The zero-order valence-corrected chi connectivity index (χ0v) is 12.5. The van der Waals surface area contributed by atoms with Gasteiger partial charge in [0.25, 0.3) is 5.91 Å². The molecule has 0 aliphatic heterocycles. The smallest absolute Gasteiger partial charge is 0.275 e. The minimum atomic E-state index is -0.248. The fourth-order valence-corrected chi connectivity index (χ4v) is 3.29. The molecule has 6 heteroatoms. The monoisotopic (exact) mass is 300 g/mol. The summed E-state index contributed by atoms with van der Waals surface area (Å²) in [5.74, 6) is 6.01. The van der Waals surface area contributed by atoms with Gasteiger partial charge in [-0.05, 0) is 29.1 Å². The first-order valence-corrected chi connectivity index (χ1v) is 7.64. The number of imidazole rings is 1. The van der Waals surface area contributed by atoms with Crippen LogP contribution < -0.4 is 11.3 Å². The van der Waals surface area contributed by atoms with E-state index in [1.807, 2.05) is 29.6 Å². The van der Waals surface area contributed by atoms with Gasteiger partial charge in [0.05, 0.1) is 22.5 Å². The maximum absolute atomic E-state index is 11.8. The molecule has 0 aliphatic rings. The number of nitrogens with one attached hydrogen (secondary N) is 1. The minimum absolute atomic E-state index is 0.248. The summed E-state index contributed by atoms with van der Waals surface area (Å²) >= 11 is 1.40. The van der Waals surface area contributed by atoms with Crippen molar-refractivity contribution in [2.75, 3.05) is 0 Å². The van der Waals surface area contributed by atoms with Crippen LogP contribution in [0.15, 0.2) is 35.7 Å². The van der Waals surface area contributed by atoms with Crippen LogP contribution in [-0.2, 0) is 13.0 Å². The molecule has 21 heavy (non-hydrogen) atoms. The molecule has 5 nitrogen and oxygen atoms in total. The van der Waals surface area contributed by atoms with E-state index in [-0.39, 0.29) is 5.91 Å². The number of fused-ring (bicyclic) bond motifs is 1.